The van der Waals surface area contributed by atoms with E-state index in [1.54, 1.807) is 0 Å². The van der Waals surface area contributed by atoms with Crippen LogP contribution in [-0.4, -0.2) is 17.3 Å². The number of halogens is 2. The third-order valence-electron chi connectivity index (χ3n) is 2.38. The smallest absolute Gasteiger partial charge is 0.251 e. The maximum atomic E-state index is 12.7. The van der Waals surface area contributed by atoms with E-state index in [0.717, 1.165) is 11.8 Å². The Kier molecular flexibility index (Phi) is 5.62. The van der Waals surface area contributed by atoms with Gasteiger partial charge in [-0.2, -0.15) is 0 Å². The topological polar surface area (TPSA) is 29.1 Å². The minimum absolute atomic E-state index is 0.104. The minimum Gasteiger partial charge on any atom is -0.348 e. The van der Waals surface area contributed by atoms with Crippen LogP contribution < -0.4 is 5.32 Å². The number of amides is 1. The highest BCUT2D eigenvalue weighted by Crippen LogP contribution is 2.09. The highest BCUT2D eigenvalue weighted by molar-refractivity contribution is 9.09. The Labute approximate surface area is 110 Å². The molecule has 1 rings (SSSR count). The molecule has 0 saturated heterocycles. The molecule has 0 spiro atoms. The SMILES string of the molecule is CC(C)CC(CBr)NC(=O)c1ccc(F)cc1. The second-order valence-corrected chi connectivity index (χ2v) is 5.11. The Morgan fingerprint density at radius 2 is 1.94 bits per heavy atom. The standard InChI is InChI=1S/C13H17BrFNO/c1-9(2)7-12(8-14)16-13(17)10-3-5-11(15)6-4-10/h3-6,9,12H,7-8H2,1-2H3,(H,16,17). The van der Waals surface area contributed by atoms with Crippen LogP contribution >= 0.6 is 15.9 Å². The normalized spacial score (nSPS) is 12.5. The van der Waals surface area contributed by atoms with Gasteiger partial charge in [0.25, 0.3) is 5.91 Å². The summed E-state index contributed by atoms with van der Waals surface area (Å²) in [6.07, 6.45) is 0.915. The van der Waals surface area contributed by atoms with Gasteiger partial charge in [-0.05, 0) is 36.6 Å². The molecule has 0 heterocycles. The predicted octanol–water partition coefficient (Wildman–Crippen LogP) is 3.37. The number of carbonyl (C=O) groups excluding carboxylic acids is 1. The maximum Gasteiger partial charge on any atom is 0.251 e. The monoisotopic (exact) mass is 301 g/mol. The number of alkyl halides is 1. The summed E-state index contributed by atoms with van der Waals surface area (Å²) in [5.74, 6) is 0.0296. The fraction of sp³-hybridized carbons (Fsp3) is 0.462. The van der Waals surface area contributed by atoms with Gasteiger partial charge in [-0.15, -0.1) is 0 Å². The van der Waals surface area contributed by atoms with Crippen molar-refractivity contribution in [3.05, 3.63) is 35.6 Å². The molecule has 0 bridgehead atoms. The van der Waals surface area contributed by atoms with Gasteiger partial charge in [0, 0.05) is 16.9 Å². The van der Waals surface area contributed by atoms with E-state index < -0.39 is 0 Å². The van der Waals surface area contributed by atoms with E-state index in [1.165, 1.54) is 24.3 Å². The van der Waals surface area contributed by atoms with E-state index in [0.29, 0.717) is 11.5 Å². The molecular weight excluding hydrogens is 285 g/mol. The molecule has 1 atom stereocenters. The van der Waals surface area contributed by atoms with E-state index in [-0.39, 0.29) is 17.8 Å². The molecule has 94 valence electrons. The van der Waals surface area contributed by atoms with Gasteiger partial charge in [0.2, 0.25) is 0 Å². The highest BCUT2D eigenvalue weighted by atomic mass is 79.9. The summed E-state index contributed by atoms with van der Waals surface area (Å²) in [4.78, 5) is 11.9. The van der Waals surface area contributed by atoms with Crippen molar-refractivity contribution < 1.29 is 9.18 Å². The van der Waals surface area contributed by atoms with Gasteiger partial charge in [-0.3, -0.25) is 4.79 Å². The fourth-order valence-corrected chi connectivity index (χ4v) is 2.03. The Balaban J connectivity index is 2.61. The third kappa shape index (κ3) is 4.86. The van der Waals surface area contributed by atoms with E-state index in [4.69, 9.17) is 0 Å². The van der Waals surface area contributed by atoms with Crippen LogP contribution in [0, 0.1) is 11.7 Å². The van der Waals surface area contributed by atoms with Crippen molar-refractivity contribution >= 4 is 21.8 Å². The lowest BCUT2D eigenvalue weighted by atomic mass is 10.0. The van der Waals surface area contributed by atoms with Crippen LogP contribution in [-0.2, 0) is 0 Å². The Morgan fingerprint density at radius 1 is 1.35 bits per heavy atom. The van der Waals surface area contributed by atoms with E-state index in [2.05, 4.69) is 35.1 Å². The lowest BCUT2D eigenvalue weighted by molar-refractivity contribution is 0.0937. The van der Waals surface area contributed by atoms with Crippen molar-refractivity contribution in [2.45, 2.75) is 26.3 Å². The van der Waals surface area contributed by atoms with E-state index in [1.807, 2.05) is 0 Å². The number of rotatable bonds is 5. The van der Waals surface area contributed by atoms with Crippen molar-refractivity contribution in [3.63, 3.8) is 0 Å². The molecule has 1 N–H and O–H groups in total. The number of hydrogen-bond acceptors (Lipinski definition) is 1. The van der Waals surface area contributed by atoms with E-state index >= 15 is 0 Å². The second kappa shape index (κ2) is 6.74. The zero-order valence-corrected chi connectivity index (χ0v) is 11.6. The summed E-state index contributed by atoms with van der Waals surface area (Å²) in [6.45, 7) is 4.22. The lowest BCUT2D eigenvalue weighted by Gasteiger charge is -2.18. The van der Waals surface area contributed by atoms with Crippen molar-refractivity contribution in [1.29, 1.82) is 0 Å². The molecule has 1 aromatic rings. The first-order valence-electron chi connectivity index (χ1n) is 5.65. The summed E-state index contributed by atoms with van der Waals surface area (Å²) in [6, 6.07) is 5.67. The molecular formula is C13H17BrFNO. The molecule has 0 aliphatic rings. The molecule has 0 aromatic heterocycles. The third-order valence-corrected chi connectivity index (χ3v) is 3.17. The van der Waals surface area contributed by atoms with Gasteiger partial charge < -0.3 is 5.32 Å². The van der Waals surface area contributed by atoms with Crippen molar-refractivity contribution in [3.8, 4) is 0 Å². The molecule has 2 nitrogen and oxygen atoms in total. The van der Waals surface area contributed by atoms with Crippen molar-refractivity contribution in [2.24, 2.45) is 5.92 Å². The Morgan fingerprint density at radius 3 is 2.41 bits per heavy atom. The van der Waals surface area contributed by atoms with Crippen LogP contribution in [0.4, 0.5) is 4.39 Å². The summed E-state index contributed by atoms with van der Waals surface area (Å²) in [5, 5.41) is 3.65. The van der Waals surface area contributed by atoms with Crippen LogP contribution in [0.1, 0.15) is 30.6 Å². The van der Waals surface area contributed by atoms with Crippen LogP contribution in [0.2, 0.25) is 0 Å². The first kappa shape index (κ1) is 14.2. The number of carbonyl (C=O) groups is 1. The van der Waals surface area contributed by atoms with Gasteiger partial charge in [-0.25, -0.2) is 4.39 Å². The molecule has 1 unspecified atom stereocenters. The lowest BCUT2D eigenvalue weighted by Crippen LogP contribution is -2.37. The van der Waals surface area contributed by atoms with Crippen LogP contribution in [0.25, 0.3) is 0 Å². The number of hydrogen-bond donors (Lipinski definition) is 1. The van der Waals surface area contributed by atoms with E-state index in [9.17, 15) is 9.18 Å². The highest BCUT2D eigenvalue weighted by Gasteiger charge is 2.13. The molecule has 0 saturated carbocycles. The summed E-state index contributed by atoms with van der Waals surface area (Å²) < 4.78 is 12.7. The maximum absolute atomic E-state index is 12.7. The molecule has 1 amide bonds. The van der Waals surface area contributed by atoms with Crippen LogP contribution in [0.3, 0.4) is 0 Å². The zero-order chi connectivity index (χ0) is 12.8. The van der Waals surface area contributed by atoms with Crippen molar-refractivity contribution in [1.82, 2.24) is 5.32 Å². The van der Waals surface area contributed by atoms with Gasteiger partial charge in [0.05, 0.1) is 0 Å². The van der Waals surface area contributed by atoms with Gasteiger partial charge in [0.15, 0.2) is 0 Å². The largest absolute Gasteiger partial charge is 0.348 e. The van der Waals surface area contributed by atoms with Crippen LogP contribution in [0.5, 0.6) is 0 Å². The fourth-order valence-electron chi connectivity index (χ4n) is 1.60. The van der Waals surface area contributed by atoms with Gasteiger partial charge >= 0.3 is 0 Å². The summed E-state index contributed by atoms with van der Waals surface area (Å²) in [5.41, 5.74) is 0.487. The first-order valence-corrected chi connectivity index (χ1v) is 6.77. The predicted molar refractivity (Wildman–Crippen MR) is 70.9 cm³/mol. The minimum atomic E-state index is -0.333. The second-order valence-electron chi connectivity index (χ2n) is 4.46. The molecule has 0 radical (unpaired) electrons. The average Bonchev–Trinajstić information content (AvgIpc) is 2.28. The van der Waals surface area contributed by atoms with Crippen LogP contribution in [0.15, 0.2) is 24.3 Å². The van der Waals surface area contributed by atoms with Gasteiger partial charge in [-0.1, -0.05) is 29.8 Å². The van der Waals surface area contributed by atoms with Crippen molar-refractivity contribution in [2.75, 3.05) is 5.33 Å². The molecule has 17 heavy (non-hydrogen) atoms. The summed E-state index contributed by atoms with van der Waals surface area (Å²) in [7, 11) is 0. The number of benzene rings is 1. The molecule has 4 heteroatoms. The van der Waals surface area contributed by atoms with Gasteiger partial charge in [0.1, 0.15) is 5.82 Å². The first-order chi connectivity index (χ1) is 8.02. The molecule has 0 aliphatic heterocycles. The quantitative estimate of drug-likeness (QED) is 0.830. The molecule has 0 aliphatic carbocycles. The summed E-state index contributed by atoms with van der Waals surface area (Å²) >= 11 is 3.38. The molecule has 0 fully saturated rings. The Bertz CT molecular complexity index is 364. The average molecular weight is 302 g/mol. The Hall–Kier alpha value is -0.900. The molecule has 1 aromatic carbocycles. The zero-order valence-electron chi connectivity index (χ0n) is 10.0. The number of nitrogens with one attached hydrogen (secondary N) is 1.